The first-order valence-electron chi connectivity index (χ1n) is 7.04. The number of piperazine rings is 1. The van der Waals surface area contributed by atoms with Gasteiger partial charge in [-0.2, -0.15) is 0 Å². The molecule has 4 nitrogen and oxygen atoms in total. The molecule has 1 fully saturated rings. The van der Waals surface area contributed by atoms with Gasteiger partial charge in [-0.1, -0.05) is 30.3 Å². The Labute approximate surface area is 119 Å². The summed E-state index contributed by atoms with van der Waals surface area (Å²) in [5.41, 5.74) is 2.09. The van der Waals surface area contributed by atoms with Gasteiger partial charge < -0.3 is 10.2 Å². The van der Waals surface area contributed by atoms with Gasteiger partial charge in [-0.15, -0.1) is 10.2 Å². The van der Waals surface area contributed by atoms with E-state index in [1.165, 1.54) is 0 Å². The fraction of sp³-hybridized carbons (Fsp3) is 0.375. The molecule has 1 aliphatic heterocycles. The summed E-state index contributed by atoms with van der Waals surface area (Å²) >= 11 is 0. The summed E-state index contributed by atoms with van der Waals surface area (Å²) in [6, 6.07) is 14.3. The van der Waals surface area contributed by atoms with Crippen molar-refractivity contribution in [3.05, 3.63) is 42.5 Å². The van der Waals surface area contributed by atoms with E-state index in [1.54, 1.807) is 0 Å². The van der Waals surface area contributed by atoms with Crippen molar-refractivity contribution in [3.8, 4) is 11.3 Å². The zero-order valence-corrected chi connectivity index (χ0v) is 12.0. The van der Waals surface area contributed by atoms with E-state index >= 15 is 0 Å². The number of aromatic nitrogens is 2. The normalized spacial score (nSPS) is 18.0. The van der Waals surface area contributed by atoms with Crippen LogP contribution in [0.5, 0.6) is 0 Å². The van der Waals surface area contributed by atoms with Crippen LogP contribution >= 0.6 is 0 Å². The molecule has 0 unspecified atom stereocenters. The van der Waals surface area contributed by atoms with Crippen LogP contribution in [0.4, 0.5) is 5.82 Å². The van der Waals surface area contributed by atoms with Gasteiger partial charge in [-0.05, 0) is 26.0 Å². The summed E-state index contributed by atoms with van der Waals surface area (Å²) in [7, 11) is 0. The first-order valence-corrected chi connectivity index (χ1v) is 7.04. The van der Waals surface area contributed by atoms with E-state index in [0.717, 1.165) is 36.7 Å². The molecule has 1 aliphatic rings. The summed E-state index contributed by atoms with van der Waals surface area (Å²) in [6.45, 7) is 7.38. The van der Waals surface area contributed by atoms with Crippen molar-refractivity contribution in [2.75, 3.05) is 24.5 Å². The number of rotatable bonds is 2. The average molecular weight is 268 g/mol. The van der Waals surface area contributed by atoms with Crippen LogP contribution in [0.25, 0.3) is 11.3 Å². The second-order valence-corrected chi connectivity index (χ2v) is 5.78. The van der Waals surface area contributed by atoms with Crippen LogP contribution in [0.1, 0.15) is 13.8 Å². The minimum Gasteiger partial charge on any atom is -0.347 e. The molecule has 20 heavy (non-hydrogen) atoms. The molecular weight excluding hydrogens is 248 g/mol. The van der Waals surface area contributed by atoms with Gasteiger partial charge in [-0.25, -0.2) is 0 Å². The number of nitrogens with zero attached hydrogens (tertiary/aromatic N) is 3. The Morgan fingerprint density at radius 3 is 2.50 bits per heavy atom. The highest BCUT2D eigenvalue weighted by Crippen LogP contribution is 2.24. The van der Waals surface area contributed by atoms with Crippen molar-refractivity contribution in [1.29, 1.82) is 0 Å². The molecular formula is C16H20N4. The van der Waals surface area contributed by atoms with E-state index in [-0.39, 0.29) is 5.54 Å². The third-order valence-electron chi connectivity index (χ3n) is 3.80. The zero-order chi connectivity index (χ0) is 14.0. The molecule has 0 radical (unpaired) electrons. The van der Waals surface area contributed by atoms with Gasteiger partial charge in [0.25, 0.3) is 0 Å². The van der Waals surface area contributed by atoms with Crippen molar-refractivity contribution in [2.24, 2.45) is 0 Å². The van der Waals surface area contributed by atoms with E-state index in [9.17, 15) is 0 Å². The molecule has 1 N–H and O–H groups in total. The van der Waals surface area contributed by atoms with Crippen LogP contribution in [-0.2, 0) is 0 Å². The second kappa shape index (κ2) is 5.21. The maximum atomic E-state index is 4.42. The van der Waals surface area contributed by atoms with Crippen molar-refractivity contribution >= 4 is 5.82 Å². The Kier molecular flexibility index (Phi) is 3.40. The van der Waals surface area contributed by atoms with E-state index < -0.39 is 0 Å². The van der Waals surface area contributed by atoms with Crippen LogP contribution in [0.3, 0.4) is 0 Å². The Hall–Kier alpha value is -1.94. The van der Waals surface area contributed by atoms with Gasteiger partial charge in [0.15, 0.2) is 5.82 Å². The lowest BCUT2D eigenvalue weighted by Crippen LogP contribution is -2.58. The van der Waals surface area contributed by atoms with Crippen LogP contribution in [0.2, 0.25) is 0 Å². The summed E-state index contributed by atoms with van der Waals surface area (Å²) < 4.78 is 0. The minimum atomic E-state index is 0.0706. The molecule has 3 rings (SSSR count). The predicted molar refractivity (Wildman–Crippen MR) is 81.8 cm³/mol. The fourth-order valence-corrected chi connectivity index (χ4v) is 2.64. The molecule has 4 heteroatoms. The van der Waals surface area contributed by atoms with Gasteiger partial charge >= 0.3 is 0 Å². The maximum Gasteiger partial charge on any atom is 0.151 e. The minimum absolute atomic E-state index is 0.0706. The Balaban J connectivity index is 1.86. The van der Waals surface area contributed by atoms with E-state index in [0.29, 0.717) is 0 Å². The lowest BCUT2D eigenvalue weighted by atomic mass is 10.0. The molecule has 104 valence electrons. The van der Waals surface area contributed by atoms with Gasteiger partial charge in [0.1, 0.15) is 0 Å². The van der Waals surface area contributed by atoms with E-state index in [4.69, 9.17) is 0 Å². The quantitative estimate of drug-likeness (QED) is 0.907. The maximum absolute atomic E-state index is 4.42. The standard InChI is InChI=1S/C16H20N4/c1-16(2)12-17-10-11-20(16)15-9-8-14(18-19-15)13-6-4-3-5-7-13/h3-9,17H,10-12H2,1-2H3. The first-order chi connectivity index (χ1) is 9.67. The molecule has 0 bridgehead atoms. The largest absolute Gasteiger partial charge is 0.347 e. The third-order valence-corrected chi connectivity index (χ3v) is 3.80. The molecule has 1 aromatic carbocycles. The van der Waals surface area contributed by atoms with E-state index in [2.05, 4.69) is 58.5 Å². The first kappa shape index (κ1) is 13.1. The number of hydrogen-bond donors (Lipinski definition) is 1. The number of anilines is 1. The fourth-order valence-electron chi connectivity index (χ4n) is 2.64. The van der Waals surface area contributed by atoms with Crippen molar-refractivity contribution in [2.45, 2.75) is 19.4 Å². The third kappa shape index (κ3) is 2.51. The van der Waals surface area contributed by atoms with Crippen molar-refractivity contribution in [3.63, 3.8) is 0 Å². The lowest BCUT2D eigenvalue weighted by molar-refractivity contribution is 0.377. The highest BCUT2D eigenvalue weighted by atomic mass is 15.3. The molecule has 0 aliphatic carbocycles. The lowest BCUT2D eigenvalue weighted by Gasteiger charge is -2.43. The van der Waals surface area contributed by atoms with Crippen molar-refractivity contribution in [1.82, 2.24) is 15.5 Å². The average Bonchev–Trinajstić information content (AvgIpc) is 2.48. The Morgan fingerprint density at radius 2 is 1.85 bits per heavy atom. The van der Waals surface area contributed by atoms with Crippen LogP contribution < -0.4 is 10.2 Å². The topological polar surface area (TPSA) is 41.0 Å². The summed E-state index contributed by atoms with van der Waals surface area (Å²) in [5.74, 6) is 0.955. The van der Waals surface area contributed by atoms with Gasteiger partial charge in [0.2, 0.25) is 0 Å². The zero-order valence-electron chi connectivity index (χ0n) is 12.0. The Bertz CT molecular complexity index is 563. The van der Waals surface area contributed by atoms with Crippen LogP contribution in [0.15, 0.2) is 42.5 Å². The van der Waals surface area contributed by atoms with Gasteiger partial charge in [0.05, 0.1) is 5.69 Å². The SMILES string of the molecule is CC1(C)CNCCN1c1ccc(-c2ccccc2)nn1. The molecule has 2 heterocycles. The molecule has 0 atom stereocenters. The number of benzene rings is 1. The molecule has 0 amide bonds. The predicted octanol–water partition coefficient (Wildman–Crippen LogP) is 2.33. The second-order valence-electron chi connectivity index (χ2n) is 5.78. The van der Waals surface area contributed by atoms with Gasteiger partial charge in [-0.3, -0.25) is 0 Å². The van der Waals surface area contributed by atoms with Gasteiger partial charge in [0, 0.05) is 30.7 Å². The number of nitrogens with one attached hydrogen (secondary N) is 1. The van der Waals surface area contributed by atoms with Crippen molar-refractivity contribution < 1.29 is 0 Å². The summed E-state index contributed by atoms with van der Waals surface area (Å²) in [4.78, 5) is 2.32. The van der Waals surface area contributed by atoms with E-state index in [1.807, 2.05) is 18.2 Å². The molecule has 0 spiro atoms. The molecule has 1 saturated heterocycles. The molecule has 1 aromatic heterocycles. The molecule has 2 aromatic rings. The summed E-state index contributed by atoms with van der Waals surface area (Å²) in [6.07, 6.45) is 0. The monoisotopic (exact) mass is 268 g/mol. The highest BCUT2D eigenvalue weighted by Gasteiger charge is 2.30. The summed E-state index contributed by atoms with van der Waals surface area (Å²) in [5, 5.41) is 12.2. The van der Waals surface area contributed by atoms with Crippen LogP contribution in [-0.4, -0.2) is 35.4 Å². The van der Waals surface area contributed by atoms with Crippen LogP contribution in [0, 0.1) is 0 Å². The smallest absolute Gasteiger partial charge is 0.151 e. The highest BCUT2D eigenvalue weighted by molar-refractivity contribution is 5.59. The Morgan fingerprint density at radius 1 is 1.05 bits per heavy atom. The molecule has 0 saturated carbocycles. The number of hydrogen-bond acceptors (Lipinski definition) is 4.